The summed E-state index contributed by atoms with van der Waals surface area (Å²) in [5.41, 5.74) is 6.50. The first-order chi connectivity index (χ1) is 9.17. The van der Waals surface area contributed by atoms with Gasteiger partial charge in [-0.1, -0.05) is 0 Å². The van der Waals surface area contributed by atoms with Crippen LogP contribution in [0.4, 0.5) is 5.69 Å². The van der Waals surface area contributed by atoms with Crippen molar-refractivity contribution in [3.05, 3.63) is 21.0 Å². The predicted molar refractivity (Wildman–Crippen MR) is 80.5 cm³/mol. The minimum absolute atomic E-state index is 0.0547. The lowest BCUT2D eigenvalue weighted by atomic mass is 9.94. The number of hydrogen-bond acceptors (Lipinski definition) is 4. The van der Waals surface area contributed by atoms with Gasteiger partial charge in [0.05, 0.1) is 11.9 Å². The topological polar surface area (TPSA) is 64.2 Å². The zero-order valence-electron chi connectivity index (χ0n) is 11.3. The Labute approximate surface area is 121 Å². The molecule has 0 aromatic carbocycles. The zero-order chi connectivity index (χ0) is 13.8. The second kappa shape index (κ2) is 6.52. The molecule has 1 saturated heterocycles. The SMILES string of the molecule is CCn1ncc(N2CCCC(CCN)C2)c(Br)c1=O. The van der Waals surface area contributed by atoms with Gasteiger partial charge in [0.2, 0.25) is 0 Å². The first-order valence-corrected chi connectivity index (χ1v) is 7.67. The lowest BCUT2D eigenvalue weighted by Gasteiger charge is -2.34. The van der Waals surface area contributed by atoms with Crippen molar-refractivity contribution < 1.29 is 0 Å². The van der Waals surface area contributed by atoms with Gasteiger partial charge in [-0.15, -0.1) is 0 Å². The summed E-state index contributed by atoms with van der Waals surface area (Å²) in [6, 6.07) is 0. The predicted octanol–water partition coefficient (Wildman–Crippen LogP) is 1.59. The fourth-order valence-electron chi connectivity index (χ4n) is 2.66. The number of hydrogen-bond donors (Lipinski definition) is 1. The van der Waals surface area contributed by atoms with E-state index in [0.717, 1.165) is 38.2 Å². The summed E-state index contributed by atoms with van der Waals surface area (Å²) in [5, 5.41) is 4.21. The van der Waals surface area contributed by atoms with E-state index in [1.807, 2.05) is 6.92 Å². The molecule has 1 unspecified atom stereocenters. The molecule has 1 aliphatic rings. The Balaban J connectivity index is 2.22. The zero-order valence-corrected chi connectivity index (χ0v) is 12.9. The summed E-state index contributed by atoms with van der Waals surface area (Å²) in [7, 11) is 0. The molecule has 0 spiro atoms. The number of nitrogens with two attached hydrogens (primary N) is 1. The van der Waals surface area contributed by atoms with Crippen LogP contribution < -0.4 is 16.2 Å². The van der Waals surface area contributed by atoms with Crippen LogP contribution in [0.15, 0.2) is 15.5 Å². The highest BCUT2D eigenvalue weighted by Crippen LogP contribution is 2.28. The van der Waals surface area contributed by atoms with Crippen molar-refractivity contribution in [3.63, 3.8) is 0 Å². The second-order valence-corrected chi connectivity index (χ2v) is 5.79. The van der Waals surface area contributed by atoms with Gasteiger partial charge in [-0.3, -0.25) is 4.79 Å². The molecule has 106 valence electrons. The molecular formula is C13H21BrN4O. The molecule has 0 amide bonds. The van der Waals surface area contributed by atoms with Crippen LogP contribution in [0.3, 0.4) is 0 Å². The Hall–Kier alpha value is -0.880. The third-order valence-corrected chi connectivity index (χ3v) is 4.45. The lowest BCUT2D eigenvalue weighted by Crippen LogP contribution is -2.38. The van der Waals surface area contributed by atoms with Crippen molar-refractivity contribution >= 4 is 21.6 Å². The maximum absolute atomic E-state index is 12.1. The first kappa shape index (κ1) is 14.5. The quantitative estimate of drug-likeness (QED) is 0.911. The molecule has 6 heteroatoms. The number of aromatic nitrogens is 2. The van der Waals surface area contributed by atoms with Crippen LogP contribution in [0.25, 0.3) is 0 Å². The summed E-state index contributed by atoms with van der Waals surface area (Å²) in [5.74, 6) is 0.624. The van der Waals surface area contributed by atoms with Crippen LogP contribution in [0, 0.1) is 5.92 Å². The van der Waals surface area contributed by atoms with Crippen molar-refractivity contribution in [2.75, 3.05) is 24.5 Å². The highest BCUT2D eigenvalue weighted by atomic mass is 79.9. The minimum atomic E-state index is -0.0547. The fourth-order valence-corrected chi connectivity index (χ4v) is 3.22. The Morgan fingerprint density at radius 1 is 1.58 bits per heavy atom. The third-order valence-electron chi connectivity index (χ3n) is 3.70. The maximum atomic E-state index is 12.1. The molecular weight excluding hydrogens is 308 g/mol. The molecule has 19 heavy (non-hydrogen) atoms. The van der Waals surface area contributed by atoms with Gasteiger partial charge in [0.1, 0.15) is 4.47 Å². The van der Waals surface area contributed by atoms with Crippen molar-refractivity contribution in [2.45, 2.75) is 32.7 Å². The Morgan fingerprint density at radius 2 is 2.37 bits per heavy atom. The molecule has 2 N–H and O–H groups in total. The van der Waals surface area contributed by atoms with Crippen molar-refractivity contribution in [2.24, 2.45) is 11.7 Å². The number of anilines is 1. The van der Waals surface area contributed by atoms with Gasteiger partial charge in [0.25, 0.3) is 5.56 Å². The Bertz CT molecular complexity index is 486. The van der Waals surface area contributed by atoms with E-state index in [1.165, 1.54) is 11.1 Å². The van der Waals surface area contributed by atoms with Crippen molar-refractivity contribution in [3.8, 4) is 0 Å². The number of piperidine rings is 1. The average Bonchev–Trinajstić information content (AvgIpc) is 2.42. The Morgan fingerprint density at radius 3 is 3.05 bits per heavy atom. The highest BCUT2D eigenvalue weighted by molar-refractivity contribution is 9.10. The number of rotatable bonds is 4. The van der Waals surface area contributed by atoms with Gasteiger partial charge in [-0.25, -0.2) is 4.68 Å². The Kier molecular flexibility index (Phi) is 4.99. The molecule has 0 saturated carbocycles. The van der Waals surface area contributed by atoms with Crippen LogP contribution in [0.5, 0.6) is 0 Å². The van der Waals surface area contributed by atoms with Crippen LogP contribution in [0.1, 0.15) is 26.2 Å². The molecule has 2 heterocycles. The summed E-state index contributed by atoms with van der Waals surface area (Å²) >= 11 is 3.43. The maximum Gasteiger partial charge on any atom is 0.283 e. The van der Waals surface area contributed by atoms with Crippen LogP contribution in [-0.4, -0.2) is 29.4 Å². The number of aryl methyl sites for hydroxylation is 1. The molecule has 5 nitrogen and oxygen atoms in total. The van der Waals surface area contributed by atoms with E-state index >= 15 is 0 Å². The van der Waals surface area contributed by atoms with Crippen LogP contribution in [-0.2, 0) is 6.54 Å². The molecule has 0 bridgehead atoms. The normalized spacial score (nSPS) is 19.7. The van der Waals surface area contributed by atoms with Crippen molar-refractivity contribution in [1.29, 1.82) is 0 Å². The smallest absolute Gasteiger partial charge is 0.283 e. The third kappa shape index (κ3) is 3.17. The van der Waals surface area contributed by atoms with Gasteiger partial charge >= 0.3 is 0 Å². The standard InChI is InChI=1S/C13H21BrN4O/c1-2-18-13(19)12(14)11(8-16-18)17-7-3-4-10(9-17)5-6-15/h8,10H,2-7,9,15H2,1H3. The molecule has 1 aromatic rings. The molecule has 0 aliphatic carbocycles. The molecule has 2 rings (SSSR count). The van der Waals surface area contributed by atoms with Crippen LogP contribution in [0.2, 0.25) is 0 Å². The van der Waals surface area contributed by atoms with E-state index in [0.29, 0.717) is 16.9 Å². The highest BCUT2D eigenvalue weighted by Gasteiger charge is 2.22. The summed E-state index contributed by atoms with van der Waals surface area (Å²) in [4.78, 5) is 14.3. The summed E-state index contributed by atoms with van der Waals surface area (Å²) in [6.07, 6.45) is 5.21. The monoisotopic (exact) mass is 328 g/mol. The summed E-state index contributed by atoms with van der Waals surface area (Å²) in [6.45, 7) is 5.19. The minimum Gasteiger partial charge on any atom is -0.369 e. The van der Waals surface area contributed by atoms with E-state index in [1.54, 1.807) is 6.20 Å². The van der Waals surface area contributed by atoms with Gasteiger partial charge in [0.15, 0.2) is 0 Å². The molecule has 1 aliphatic heterocycles. The van der Waals surface area contributed by atoms with E-state index in [-0.39, 0.29) is 5.56 Å². The molecule has 1 atom stereocenters. The fraction of sp³-hybridized carbons (Fsp3) is 0.692. The molecule has 1 fully saturated rings. The van der Waals surface area contributed by atoms with E-state index in [9.17, 15) is 4.79 Å². The van der Waals surface area contributed by atoms with Gasteiger partial charge in [-0.2, -0.15) is 5.10 Å². The van der Waals surface area contributed by atoms with Crippen LogP contribution >= 0.6 is 15.9 Å². The number of halogens is 1. The van der Waals surface area contributed by atoms with Gasteiger partial charge in [-0.05, 0) is 54.6 Å². The van der Waals surface area contributed by atoms with E-state index in [2.05, 4.69) is 25.9 Å². The molecule has 0 radical (unpaired) electrons. The number of nitrogens with zero attached hydrogens (tertiary/aromatic N) is 3. The van der Waals surface area contributed by atoms with Gasteiger partial charge < -0.3 is 10.6 Å². The average molecular weight is 329 g/mol. The van der Waals surface area contributed by atoms with Gasteiger partial charge in [0, 0.05) is 19.6 Å². The summed E-state index contributed by atoms with van der Waals surface area (Å²) < 4.78 is 2.09. The van der Waals surface area contributed by atoms with E-state index in [4.69, 9.17) is 5.73 Å². The molecule has 1 aromatic heterocycles. The van der Waals surface area contributed by atoms with E-state index < -0.39 is 0 Å². The first-order valence-electron chi connectivity index (χ1n) is 6.88. The lowest BCUT2D eigenvalue weighted by molar-refractivity contribution is 0.395. The van der Waals surface area contributed by atoms with Crippen molar-refractivity contribution in [1.82, 2.24) is 9.78 Å². The second-order valence-electron chi connectivity index (χ2n) is 5.00. The largest absolute Gasteiger partial charge is 0.369 e.